The van der Waals surface area contributed by atoms with E-state index in [1.165, 1.54) is 12.8 Å². The molecule has 108 valence electrons. The van der Waals surface area contributed by atoms with Crippen LogP contribution in [0.3, 0.4) is 0 Å². The molecule has 0 radical (unpaired) electrons. The second-order valence-corrected chi connectivity index (χ2v) is 6.48. The first-order valence-electron chi connectivity index (χ1n) is 7.08. The molecule has 5 nitrogen and oxygen atoms in total. The lowest BCUT2D eigenvalue weighted by atomic mass is 9.94. The molecule has 0 unspecified atom stereocenters. The summed E-state index contributed by atoms with van der Waals surface area (Å²) in [6.45, 7) is 3.57. The summed E-state index contributed by atoms with van der Waals surface area (Å²) in [5, 5.41) is 6.39. The lowest BCUT2D eigenvalue weighted by Crippen LogP contribution is -2.41. The smallest absolute Gasteiger partial charge is 0.239 e. The van der Waals surface area contributed by atoms with Gasteiger partial charge in [0.2, 0.25) is 5.91 Å². The number of fused-ring (bicyclic) bond motifs is 1. The van der Waals surface area contributed by atoms with E-state index >= 15 is 0 Å². The molecule has 2 N–H and O–H groups in total. The van der Waals surface area contributed by atoms with E-state index in [2.05, 4.69) is 36.4 Å². The van der Waals surface area contributed by atoms with Gasteiger partial charge in [0.1, 0.15) is 5.82 Å². The maximum Gasteiger partial charge on any atom is 0.239 e. The number of piperidine rings is 1. The van der Waals surface area contributed by atoms with Crippen molar-refractivity contribution in [1.82, 2.24) is 15.2 Å². The number of anilines is 1. The lowest BCUT2D eigenvalue weighted by molar-refractivity contribution is -0.117. The maximum absolute atomic E-state index is 12.0. The molecule has 0 bridgehead atoms. The van der Waals surface area contributed by atoms with Gasteiger partial charge in [-0.05, 0) is 53.4 Å². The molecule has 0 spiro atoms. The van der Waals surface area contributed by atoms with E-state index in [0.29, 0.717) is 24.3 Å². The van der Waals surface area contributed by atoms with Gasteiger partial charge in [-0.2, -0.15) is 0 Å². The number of hydrogen-bond acceptors (Lipinski definition) is 4. The van der Waals surface area contributed by atoms with E-state index in [1.54, 1.807) is 12.3 Å². The first kappa shape index (κ1) is 14.0. The van der Waals surface area contributed by atoms with Crippen LogP contribution in [0.2, 0.25) is 0 Å². The molecular weight excluding hydrogens is 320 g/mol. The number of halogens is 1. The highest BCUT2D eigenvalue weighted by atomic mass is 79.9. The van der Waals surface area contributed by atoms with Crippen LogP contribution in [0.1, 0.15) is 12.8 Å². The zero-order valence-electron chi connectivity index (χ0n) is 11.3. The Hall–Kier alpha value is -0.980. The van der Waals surface area contributed by atoms with Crippen molar-refractivity contribution < 1.29 is 4.79 Å². The molecular formula is C14H19BrN4O. The Morgan fingerprint density at radius 2 is 2.40 bits per heavy atom. The van der Waals surface area contributed by atoms with E-state index in [-0.39, 0.29) is 5.91 Å². The van der Waals surface area contributed by atoms with Gasteiger partial charge in [0.25, 0.3) is 0 Å². The third-order valence-corrected chi connectivity index (χ3v) is 4.51. The third kappa shape index (κ3) is 3.37. The van der Waals surface area contributed by atoms with Gasteiger partial charge < -0.3 is 10.6 Å². The topological polar surface area (TPSA) is 57.3 Å². The van der Waals surface area contributed by atoms with Crippen molar-refractivity contribution in [3.63, 3.8) is 0 Å². The number of amides is 1. The van der Waals surface area contributed by atoms with E-state index in [0.717, 1.165) is 24.1 Å². The first-order valence-corrected chi connectivity index (χ1v) is 7.87. The number of aromatic nitrogens is 1. The van der Waals surface area contributed by atoms with Gasteiger partial charge in [0, 0.05) is 29.8 Å². The Kier molecular flexibility index (Phi) is 4.33. The highest BCUT2D eigenvalue weighted by molar-refractivity contribution is 9.10. The van der Waals surface area contributed by atoms with Crippen molar-refractivity contribution in [1.29, 1.82) is 0 Å². The molecule has 0 aromatic carbocycles. The minimum Gasteiger partial charge on any atom is -0.312 e. The van der Waals surface area contributed by atoms with Crippen LogP contribution in [-0.2, 0) is 4.79 Å². The van der Waals surface area contributed by atoms with Crippen molar-refractivity contribution in [2.75, 3.05) is 31.5 Å². The minimum absolute atomic E-state index is 0.0125. The molecule has 1 amide bonds. The molecule has 1 aromatic heterocycles. The molecule has 1 aromatic rings. The zero-order chi connectivity index (χ0) is 13.9. The molecule has 0 saturated carbocycles. The van der Waals surface area contributed by atoms with Crippen LogP contribution in [0.5, 0.6) is 0 Å². The van der Waals surface area contributed by atoms with Crippen molar-refractivity contribution in [2.45, 2.75) is 18.9 Å². The van der Waals surface area contributed by atoms with Crippen LogP contribution in [0.25, 0.3) is 0 Å². The number of nitrogens with one attached hydrogen (secondary N) is 2. The first-order chi connectivity index (χ1) is 9.70. The third-order valence-electron chi connectivity index (χ3n) is 4.04. The minimum atomic E-state index is 0.0125. The number of rotatable bonds is 3. The Labute approximate surface area is 127 Å². The predicted octanol–water partition coefficient (Wildman–Crippen LogP) is 1.47. The van der Waals surface area contributed by atoms with Gasteiger partial charge >= 0.3 is 0 Å². The normalized spacial score (nSPS) is 26.2. The van der Waals surface area contributed by atoms with Gasteiger partial charge in [0.15, 0.2) is 0 Å². The Balaban J connectivity index is 1.50. The number of likely N-dealkylation sites (tertiary alicyclic amines) is 1. The average molecular weight is 339 g/mol. The Morgan fingerprint density at radius 3 is 3.15 bits per heavy atom. The molecule has 20 heavy (non-hydrogen) atoms. The molecule has 3 rings (SSSR count). The summed E-state index contributed by atoms with van der Waals surface area (Å²) in [6.07, 6.45) is 4.22. The molecule has 3 heterocycles. The van der Waals surface area contributed by atoms with Gasteiger partial charge in [-0.1, -0.05) is 0 Å². The summed E-state index contributed by atoms with van der Waals surface area (Å²) in [4.78, 5) is 18.4. The lowest BCUT2D eigenvalue weighted by Gasteiger charge is -2.24. The monoisotopic (exact) mass is 338 g/mol. The van der Waals surface area contributed by atoms with Crippen LogP contribution in [0, 0.1) is 5.92 Å². The molecule has 0 aliphatic carbocycles. The summed E-state index contributed by atoms with van der Waals surface area (Å²) in [5.41, 5.74) is 0. The largest absolute Gasteiger partial charge is 0.312 e. The maximum atomic E-state index is 12.0. The average Bonchev–Trinajstić information content (AvgIpc) is 2.83. The molecule has 6 heteroatoms. The zero-order valence-corrected chi connectivity index (χ0v) is 12.9. The van der Waals surface area contributed by atoms with Crippen molar-refractivity contribution in [2.24, 2.45) is 5.92 Å². The van der Waals surface area contributed by atoms with Gasteiger partial charge in [-0.25, -0.2) is 4.98 Å². The van der Waals surface area contributed by atoms with Crippen molar-refractivity contribution in [3.05, 3.63) is 22.8 Å². The van der Waals surface area contributed by atoms with Crippen LogP contribution in [0.15, 0.2) is 22.8 Å². The van der Waals surface area contributed by atoms with E-state index in [1.807, 2.05) is 6.07 Å². The highest BCUT2D eigenvalue weighted by Crippen LogP contribution is 2.24. The number of nitrogens with zero attached hydrogens (tertiary/aromatic N) is 2. The summed E-state index contributed by atoms with van der Waals surface area (Å²) in [6, 6.07) is 4.24. The van der Waals surface area contributed by atoms with E-state index in [9.17, 15) is 4.79 Å². The highest BCUT2D eigenvalue weighted by Gasteiger charge is 2.34. The van der Waals surface area contributed by atoms with E-state index in [4.69, 9.17) is 0 Å². The second-order valence-electron chi connectivity index (χ2n) is 5.57. The number of hydrogen-bond donors (Lipinski definition) is 2. The standard InChI is InChI=1S/C14H19BrN4O/c15-11-3-4-13(17-6-11)18-14(20)9-19-7-10-2-1-5-16-12(10)8-19/h3-4,6,10,12,16H,1-2,5,7-9H2,(H,17,18,20)/t10-,12+/m0/s1. The molecule has 2 atom stereocenters. The number of pyridine rings is 1. The van der Waals surface area contributed by atoms with Crippen molar-refractivity contribution in [3.8, 4) is 0 Å². The van der Waals surface area contributed by atoms with Crippen LogP contribution in [0.4, 0.5) is 5.82 Å². The summed E-state index contributed by atoms with van der Waals surface area (Å²) in [7, 11) is 0. The SMILES string of the molecule is O=C(CN1C[C@@H]2CCCN[C@@H]2C1)Nc1ccc(Br)cn1. The fraction of sp³-hybridized carbons (Fsp3) is 0.571. The van der Waals surface area contributed by atoms with Crippen molar-refractivity contribution >= 4 is 27.7 Å². The number of carbonyl (C=O) groups is 1. The Bertz CT molecular complexity index is 465. The quantitative estimate of drug-likeness (QED) is 0.876. The van der Waals surface area contributed by atoms with Gasteiger partial charge in [-0.3, -0.25) is 9.69 Å². The Morgan fingerprint density at radius 1 is 1.50 bits per heavy atom. The summed E-state index contributed by atoms with van der Waals surface area (Å²) in [5.74, 6) is 1.33. The summed E-state index contributed by atoms with van der Waals surface area (Å²) >= 11 is 3.33. The molecule has 2 aliphatic heterocycles. The number of carbonyl (C=O) groups excluding carboxylic acids is 1. The predicted molar refractivity (Wildman–Crippen MR) is 81.5 cm³/mol. The fourth-order valence-electron chi connectivity index (χ4n) is 3.10. The second kappa shape index (κ2) is 6.20. The molecule has 2 aliphatic rings. The fourth-order valence-corrected chi connectivity index (χ4v) is 3.33. The van der Waals surface area contributed by atoms with Crippen LogP contribution in [-0.4, -0.2) is 48.0 Å². The van der Waals surface area contributed by atoms with Crippen LogP contribution >= 0.6 is 15.9 Å². The molecule has 2 fully saturated rings. The van der Waals surface area contributed by atoms with E-state index < -0.39 is 0 Å². The van der Waals surface area contributed by atoms with Gasteiger partial charge in [-0.15, -0.1) is 0 Å². The van der Waals surface area contributed by atoms with Gasteiger partial charge in [0.05, 0.1) is 6.54 Å². The van der Waals surface area contributed by atoms with Crippen LogP contribution < -0.4 is 10.6 Å². The molecule has 2 saturated heterocycles. The summed E-state index contributed by atoms with van der Waals surface area (Å²) < 4.78 is 0.908.